The summed E-state index contributed by atoms with van der Waals surface area (Å²) in [6.45, 7) is 2.57. The summed E-state index contributed by atoms with van der Waals surface area (Å²) in [4.78, 5) is 42.1. The molecule has 4 aliphatic heterocycles. The highest BCUT2D eigenvalue weighted by Gasteiger charge is 2.63. The van der Waals surface area contributed by atoms with Crippen molar-refractivity contribution in [3.63, 3.8) is 0 Å². The Morgan fingerprint density at radius 1 is 0.919 bits per heavy atom. The molecule has 192 valence electrons. The summed E-state index contributed by atoms with van der Waals surface area (Å²) in [5.41, 5.74) is 2.09. The molecule has 3 atom stereocenters. The lowest BCUT2D eigenvalue weighted by Crippen LogP contribution is -2.73. The van der Waals surface area contributed by atoms with E-state index < -0.39 is 5.54 Å². The molecule has 2 bridgehead atoms. The highest BCUT2D eigenvalue weighted by molar-refractivity contribution is 6.10. The zero-order valence-electron chi connectivity index (χ0n) is 21.0. The van der Waals surface area contributed by atoms with Gasteiger partial charge >= 0.3 is 0 Å². The lowest BCUT2D eigenvalue weighted by Gasteiger charge is -2.53. The summed E-state index contributed by atoms with van der Waals surface area (Å²) in [5.74, 6) is 0.561. The molecule has 7 nitrogen and oxygen atoms in total. The zero-order chi connectivity index (χ0) is 25.1. The number of nitrogens with one attached hydrogen (secondary N) is 1. The summed E-state index contributed by atoms with van der Waals surface area (Å²) in [6.07, 6.45) is 6.79. The molecule has 4 heterocycles. The molecule has 0 aromatic heterocycles. The van der Waals surface area contributed by atoms with Crippen LogP contribution in [0.4, 0.5) is 0 Å². The van der Waals surface area contributed by atoms with E-state index in [0.717, 1.165) is 37.2 Å². The Morgan fingerprint density at radius 3 is 2.54 bits per heavy atom. The SMILES string of the molecule is O=C1NC(=O)C2(N3Cc4cc(O[C@H]5CCCC[C@@H]5N5CC[C@@H](c6ccccc6)C5)ccc4C3=O)CC1C2. The molecular formula is C30H33N3O4. The van der Waals surface area contributed by atoms with Gasteiger partial charge in [-0.15, -0.1) is 0 Å². The molecule has 0 unspecified atom stereocenters. The van der Waals surface area contributed by atoms with Crippen LogP contribution in [0.1, 0.15) is 72.3 Å². The van der Waals surface area contributed by atoms with Gasteiger partial charge in [0.05, 0.1) is 0 Å². The quantitative estimate of drug-likeness (QED) is 0.636. The standard InChI is InChI=1S/C30H33N3O4/c34-27-22-15-30(16-22,29(36)31-27)33-18-21-14-23(10-11-24(21)28(33)35)37-26-9-5-4-8-25(26)32-13-12-20(17-32)19-6-2-1-3-7-19/h1-3,6-7,10-11,14,20,22,25-26H,4-5,8-9,12-13,15-18H2,(H,31,34,36)/t20-,22?,25+,26+,30?/m1/s1. The predicted octanol–water partition coefficient (Wildman–Crippen LogP) is 3.63. The minimum absolute atomic E-state index is 0.121. The van der Waals surface area contributed by atoms with E-state index in [4.69, 9.17) is 4.74 Å². The van der Waals surface area contributed by atoms with Crippen molar-refractivity contribution in [1.82, 2.24) is 15.1 Å². The van der Waals surface area contributed by atoms with Gasteiger partial charge in [0.15, 0.2) is 0 Å². The number of fused-ring (bicyclic) bond motifs is 3. The molecule has 37 heavy (non-hydrogen) atoms. The van der Waals surface area contributed by atoms with Crippen molar-refractivity contribution in [1.29, 1.82) is 0 Å². The number of ether oxygens (including phenoxy) is 1. The van der Waals surface area contributed by atoms with Crippen LogP contribution in [0.3, 0.4) is 0 Å². The second-order valence-electron chi connectivity index (χ2n) is 11.6. The first kappa shape index (κ1) is 23.0. The fourth-order valence-electron chi connectivity index (χ4n) is 7.41. The third-order valence-electron chi connectivity index (χ3n) is 9.51. The largest absolute Gasteiger partial charge is 0.489 e. The molecule has 7 heteroatoms. The number of carbonyl (C=O) groups is 3. The summed E-state index contributed by atoms with van der Waals surface area (Å²) < 4.78 is 6.64. The topological polar surface area (TPSA) is 79.0 Å². The molecule has 0 radical (unpaired) electrons. The molecule has 3 saturated heterocycles. The number of imide groups is 1. The van der Waals surface area contributed by atoms with Gasteiger partial charge in [-0.25, -0.2) is 0 Å². The fourth-order valence-corrected chi connectivity index (χ4v) is 7.41. The third-order valence-corrected chi connectivity index (χ3v) is 9.51. The van der Waals surface area contributed by atoms with Crippen molar-refractivity contribution in [2.45, 2.75) is 75.1 Å². The first-order valence-electron chi connectivity index (χ1n) is 13.8. The van der Waals surface area contributed by atoms with E-state index in [1.165, 1.54) is 24.8 Å². The zero-order valence-corrected chi connectivity index (χ0v) is 21.0. The Hall–Kier alpha value is -3.19. The minimum Gasteiger partial charge on any atom is -0.489 e. The van der Waals surface area contributed by atoms with Crippen molar-refractivity contribution in [3.8, 4) is 5.75 Å². The Bertz CT molecular complexity index is 1250. The Balaban J connectivity index is 1.06. The van der Waals surface area contributed by atoms with Crippen molar-refractivity contribution in [2.24, 2.45) is 5.92 Å². The van der Waals surface area contributed by atoms with E-state index >= 15 is 0 Å². The van der Waals surface area contributed by atoms with Gasteiger partial charge in [-0.2, -0.15) is 0 Å². The average Bonchev–Trinajstić information content (AvgIpc) is 3.50. The number of rotatable bonds is 5. The number of carbonyl (C=O) groups excluding carboxylic acids is 3. The molecule has 6 aliphatic rings. The van der Waals surface area contributed by atoms with Gasteiger partial charge in [0, 0.05) is 30.6 Å². The molecule has 5 fully saturated rings. The van der Waals surface area contributed by atoms with E-state index in [2.05, 4.69) is 40.5 Å². The highest BCUT2D eigenvalue weighted by atomic mass is 16.5. The van der Waals surface area contributed by atoms with Gasteiger partial charge in [0.1, 0.15) is 17.4 Å². The van der Waals surface area contributed by atoms with E-state index in [0.29, 0.717) is 36.9 Å². The first-order chi connectivity index (χ1) is 18.0. The van der Waals surface area contributed by atoms with Crippen molar-refractivity contribution >= 4 is 17.7 Å². The number of hydrogen-bond acceptors (Lipinski definition) is 5. The Kier molecular flexibility index (Phi) is 5.39. The second kappa shape index (κ2) is 8.69. The molecule has 2 aromatic carbocycles. The van der Waals surface area contributed by atoms with Crippen LogP contribution in [0.5, 0.6) is 5.75 Å². The van der Waals surface area contributed by atoms with Crippen LogP contribution in [0.15, 0.2) is 48.5 Å². The van der Waals surface area contributed by atoms with E-state index in [1.54, 1.807) is 4.90 Å². The Labute approximate surface area is 217 Å². The van der Waals surface area contributed by atoms with Crippen LogP contribution in [-0.4, -0.2) is 58.3 Å². The molecule has 3 amide bonds. The normalized spacial score (nSPS) is 33.2. The van der Waals surface area contributed by atoms with Crippen LogP contribution in [0.25, 0.3) is 0 Å². The van der Waals surface area contributed by atoms with Crippen molar-refractivity contribution in [2.75, 3.05) is 13.1 Å². The van der Waals surface area contributed by atoms with Crippen molar-refractivity contribution in [3.05, 3.63) is 65.2 Å². The van der Waals surface area contributed by atoms with Crippen LogP contribution >= 0.6 is 0 Å². The van der Waals surface area contributed by atoms with E-state index in [1.807, 2.05) is 18.2 Å². The highest BCUT2D eigenvalue weighted by Crippen LogP contribution is 2.49. The molecule has 1 N–H and O–H groups in total. The number of nitrogens with zero attached hydrogens (tertiary/aromatic N) is 2. The maximum absolute atomic E-state index is 13.2. The number of hydrogen-bond donors (Lipinski definition) is 1. The fraction of sp³-hybridized carbons (Fsp3) is 0.500. The van der Waals surface area contributed by atoms with Gasteiger partial charge in [-0.3, -0.25) is 24.6 Å². The number of amides is 3. The summed E-state index contributed by atoms with van der Waals surface area (Å²) in [6, 6.07) is 17.0. The van der Waals surface area contributed by atoms with Crippen LogP contribution in [0.2, 0.25) is 0 Å². The lowest BCUT2D eigenvalue weighted by atomic mass is 9.63. The summed E-state index contributed by atoms with van der Waals surface area (Å²) in [5, 5.41) is 2.45. The molecular weight excluding hydrogens is 466 g/mol. The van der Waals surface area contributed by atoms with E-state index in [9.17, 15) is 14.4 Å². The van der Waals surface area contributed by atoms with Gasteiger partial charge in [-0.05, 0) is 80.3 Å². The van der Waals surface area contributed by atoms with Crippen LogP contribution < -0.4 is 10.1 Å². The van der Waals surface area contributed by atoms with Gasteiger partial charge in [0.2, 0.25) is 5.91 Å². The smallest absolute Gasteiger partial charge is 0.255 e. The van der Waals surface area contributed by atoms with Gasteiger partial charge in [0.25, 0.3) is 11.8 Å². The Morgan fingerprint density at radius 2 is 1.73 bits per heavy atom. The van der Waals surface area contributed by atoms with Gasteiger partial charge < -0.3 is 9.64 Å². The molecule has 2 aliphatic carbocycles. The molecule has 8 rings (SSSR count). The molecule has 2 aromatic rings. The van der Waals surface area contributed by atoms with Gasteiger partial charge in [-0.1, -0.05) is 36.8 Å². The summed E-state index contributed by atoms with van der Waals surface area (Å²) in [7, 11) is 0. The van der Waals surface area contributed by atoms with Crippen molar-refractivity contribution < 1.29 is 19.1 Å². The van der Waals surface area contributed by atoms with E-state index in [-0.39, 0.29) is 29.7 Å². The number of likely N-dealkylation sites (tertiary alicyclic amines) is 1. The molecule has 2 saturated carbocycles. The monoisotopic (exact) mass is 499 g/mol. The van der Waals surface area contributed by atoms with Crippen LogP contribution in [0, 0.1) is 5.92 Å². The average molecular weight is 500 g/mol. The third kappa shape index (κ3) is 3.69. The maximum Gasteiger partial charge on any atom is 0.255 e. The number of benzene rings is 2. The second-order valence-corrected chi connectivity index (χ2v) is 11.6. The minimum atomic E-state index is -0.880. The lowest BCUT2D eigenvalue weighted by molar-refractivity contribution is -0.160. The number of piperidine rings is 2. The predicted molar refractivity (Wildman–Crippen MR) is 137 cm³/mol. The van der Waals surface area contributed by atoms with Crippen LogP contribution in [-0.2, 0) is 16.1 Å². The summed E-state index contributed by atoms with van der Waals surface area (Å²) >= 11 is 0. The molecule has 0 spiro atoms. The first-order valence-corrected chi connectivity index (χ1v) is 13.8. The maximum atomic E-state index is 13.2.